The van der Waals surface area contributed by atoms with Gasteiger partial charge in [-0.05, 0) is 54.1 Å². The topological polar surface area (TPSA) is 117 Å². The van der Waals surface area contributed by atoms with Gasteiger partial charge in [0.05, 0.1) is 64.2 Å². The minimum Gasteiger partial charge on any atom is -0.377 e. The van der Waals surface area contributed by atoms with Crippen molar-refractivity contribution in [1.82, 2.24) is 5.32 Å². The molecular formula is C37H38F3N3O7. The number of hydrogen-bond acceptors (Lipinski definition) is 9. The summed E-state index contributed by atoms with van der Waals surface area (Å²) >= 11 is 0. The molecule has 10 nitrogen and oxygen atoms in total. The summed E-state index contributed by atoms with van der Waals surface area (Å²) in [6, 6.07) is 19.2. The van der Waals surface area contributed by atoms with Crippen molar-refractivity contribution in [2.45, 2.75) is 18.6 Å². The summed E-state index contributed by atoms with van der Waals surface area (Å²) in [5, 5.41) is 10.5. The van der Waals surface area contributed by atoms with Crippen molar-refractivity contribution in [2.75, 3.05) is 66.1 Å². The van der Waals surface area contributed by atoms with Gasteiger partial charge in [-0.15, -0.1) is 6.42 Å². The van der Waals surface area contributed by atoms with Crippen LogP contribution in [0.3, 0.4) is 0 Å². The summed E-state index contributed by atoms with van der Waals surface area (Å²) in [5.41, 5.74) is 2.28. The number of ether oxygens (including phenoxy) is 5. The molecule has 0 heterocycles. The Labute approximate surface area is 289 Å². The Morgan fingerprint density at radius 2 is 1.20 bits per heavy atom. The predicted molar refractivity (Wildman–Crippen MR) is 179 cm³/mol. The average Bonchev–Trinajstić information content (AvgIpc) is 3.12. The number of halogens is 3. The van der Waals surface area contributed by atoms with Crippen molar-refractivity contribution in [3.05, 3.63) is 95.6 Å². The predicted octanol–water partition coefficient (Wildman–Crippen LogP) is 5.64. The smallest absolute Gasteiger partial charge is 0.377 e. The van der Waals surface area contributed by atoms with Crippen molar-refractivity contribution in [3.8, 4) is 24.2 Å². The third-order valence-corrected chi connectivity index (χ3v) is 6.54. The van der Waals surface area contributed by atoms with Crippen LogP contribution in [-0.4, -0.2) is 90.0 Å². The van der Waals surface area contributed by atoms with Gasteiger partial charge >= 0.3 is 6.18 Å². The third kappa shape index (κ3) is 16.0. The molecule has 0 spiro atoms. The molecular weight excluding hydrogens is 655 g/mol. The Bertz CT molecular complexity index is 1580. The van der Waals surface area contributed by atoms with Gasteiger partial charge in [-0.3, -0.25) is 9.59 Å². The SMILES string of the molecule is C#CCOCCOCCOCCOCCOCC#Cc1ccc(N=Nc2ccc(C(=O)NC(Cc3ccccc3)C(=O)C(F)(F)F)cc2)cc1. The zero-order valence-electron chi connectivity index (χ0n) is 27.3. The van der Waals surface area contributed by atoms with Gasteiger partial charge in [0, 0.05) is 17.5 Å². The monoisotopic (exact) mass is 693 g/mol. The van der Waals surface area contributed by atoms with Crippen LogP contribution in [0, 0.1) is 24.2 Å². The minimum absolute atomic E-state index is 0.0686. The first-order chi connectivity index (χ1) is 24.3. The second kappa shape index (κ2) is 22.7. The van der Waals surface area contributed by atoms with Gasteiger partial charge < -0.3 is 29.0 Å². The molecule has 0 bridgehead atoms. The molecule has 50 heavy (non-hydrogen) atoms. The first-order valence-corrected chi connectivity index (χ1v) is 15.6. The maximum atomic E-state index is 13.2. The van der Waals surface area contributed by atoms with Gasteiger partial charge in [0.25, 0.3) is 11.7 Å². The van der Waals surface area contributed by atoms with Crippen LogP contribution in [-0.2, 0) is 34.9 Å². The molecule has 0 aromatic heterocycles. The lowest BCUT2D eigenvalue weighted by molar-refractivity contribution is -0.173. The summed E-state index contributed by atoms with van der Waals surface area (Å²) < 4.78 is 66.3. The number of carbonyl (C=O) groups excluding carboxylic acids is 2. The number of amides is 1. The van der Waals surface area contributed by atoms with Crippen LogP contribution >= 0.6 is 0 Å². The number of Topliss-reactive ketones (excluding diaryl/α,β-unsaturated/α-hetero) is 1. The first kappa shape index (κ1) is 39.5. The molecule has 3 rings (SSSR count). The number of nitrogens with one attached hydrogen (secondary N) is 1. The highest BCUT2D eigenvalue weighted by Gasteiger charge is 2.44. The van der Waals surface area contributed by atoms with E-state index in [1.807, 2.05) is 0 Å². The molecule has 0 aliphatic carbocycles. The van der Waals surface area contributed by atoms with Crippen LogP contribution in [0.4, 0.5) is 24.5 Å². The minimum atomic E-state index is -5.10. The van der Waals surface area contributed by atoms with Gasteiger partial charge in [-0.1, -0.05) is 48.1 Å². The van der Waals surface area contributed by atoms with E-state index in [4.69, 9.17) is 30.1 Å². The van der Waals surface area contributed by atoms with Gasteiger partial charge in [0.2, 0.25) is 0 Å². The molecule has 0 radical (unpaired) electrons. The molecule has 0 saturated carbocycles. The van der Waals surface area contributed by atoms with Gasteiger partial charge in [-0.25, -0.2) is 0 Å². The molecule has 3 aromatic rings. The zero-order valence-corrected chi connectivity index (χ0v) is 27.3. The number of rotatable bonds is 21. The highest BCUT2D eigenvalue weighted by atomic mass is 19.4. The number of ketones is 1. The number of alkyl halides is 3. The van der Waals surface area contributed by atoms with E-state index in [0.717, 1.165) is 5.56 Å². The van der Waals surface area contributed by atoms with Gasteiger partial charge in [0.15, 0.2) is 0 Å². The summed E-state index contributed by atoms with van der Waals surface area (Å²) in [4.78, 5) is 24.7. The number of azo groups is 1. The molecule has 1 atom stereocenters. The van der Waals surface area contributed by atoms with Gasteiger partial charge in [-0.2, -0.15) is 23.4 Å². The number of terminal acetylenes is 1. The van der Waals surface area contributed by atoms with E-state index < -0.39 is 23.9 Å². The Morgan fingerprint density at radius 3 is 1.72 bits per heavy atom. The summed E-state index contributed by atoms with van der Waals surface area (Å²) in [5.74, 6) is 5.47. The second-order valence-corrected chi connectivity index (χ2v) is 10.3. The third-order valence-electron chi connectivity index (χ3n) is 6.54. The summed E-state index contributed by atoms with van der Waals surface area (Å²) in [7, 11) is 0. The Kier molecular flexibility index (Phi) is 17.9. The average molecular weight is 694 g/mol. The molecule has 0 aliphatic heterocycles. The Balaban J connectivity index is 1.33. The molecule has 1 amide bonds. The van der Waals surface area contributed by atoms with Crippen LogP contribution in [0.1, 0.15) is 21.5 Å². The number of carbonyl (C=O) groups is 2. The van der Waals surface area contributed by atoms with E-state index in [9.17, 15) is 22.8 Å². The maximum absolute atomic E-state index is 13.2. The maximum Gasteiger partial charge on any atom is 0.452 e. The molecule has 1 unspecified atom stereocenters. The standard InChI is InChI=1S/C37H38F3N3O7/c1-2-18-46-20-22-48-24-26-50-27-25-49-23-21-47-19-6-9-29-10-14-32(15-11-29)42-43-33-16-12-31(13-17-33)36(45)41-34(35(44)37(38,39)40)28-30-7-4-3-5-8-30/h1,3-5,7-8,10-17,34H,18-28H2,(H,41,45). The zero-order chi connectivity index (χ0) is 35.9. The van der Waals surface area contributed by atoms with Crippen LogP contribution in [0.5, 0.6) is 0 Å². The number of benzene rings is 3. The van der Waals surface area contributed by atoms with Crippen LogP contribution in [0.25, 0.3) is 0 Å². The quantitative estimate of drug-likeness (QED) is 0.0872. The first-order valence-electron chi connectivity index (χ1n) is 15.6. The fourth-order valence-electron chi connectivity index (χ4n) is 4.07. The number of hydrogen-bond donors (Lipinski definition) is 1. The van der Waals surface area contributed by atoms with Crippen LogP contribution in [0.15, 0.2) is 89.1 Å². The van der Waals surface area contributed by atoms with Crippen LogP contribution in [0.2, 0.25) is 0 Å². The molecule has 13 heteroatoms. The molecule has 0 aliphatic rings. The normalized spacial score (nSPS) is 11.8. The van der Waals surface area contributed by atoms with Crippen molar-refractivity contribution >= 4 is 23.1 Å². The molecule has 0 fully saturated rings. The largest absolute Gasteiger partial charge is 0.452 e. The summed E-state index contributed by atoms with van der Waals surface area (Å²) in [6.07, 6.45) is -0.317. The highest BCUT2D eigenvalue weighted by Crippen LogP contribution is 2.22. The fraction of sp³-hybridized carbons (Fsp3) is 0.351. The lowest BCUT2D eigenvalue weighted by Gasteiger charge is -2.19. The Morgan fingerprint density at radius 1 is 0.700 bits per heavy atom. The van der Waals surface area contributed by atoms with E-state index >= 15 is 0 Å². The van der Waals surface area contributed by atoms with E-state index in [2.05, 4.69) is 33.3 Å². The summed E-state index contributed by atoms with van der Waals surface area (Å²) in [6.45, 7) is 4.09. The van der Waals surface area contributed by atoms with Crippen molar-refractivity contribution in [2.24, 2.45) is 10.2 Å². The van der Waals surface area contributed by atoms with E-state index in [0.29, 0.717) is 69.8 Å². The molecule has 0 saturated heterocycles. The van der Waals surface area contributed by atoms with Crippen molar-refractivity contribution < 1.29 is 46.4 Å². The van der Waals surface area contributed by atoms with Crippen molar-refractivity contribution in [3.63, 3.8) is 0 Å². The van der Waals surface area contributed by atoms with Crippen LogP contribution < -0.4 is 5.32 Å². The molecule has 3 aromatic carbocycles. The second-order valence-electron chi connectivity index (χ2n) is 10.3. The van der Waals surface area contributed by atoms with E-state index in [1.165, 1.54) is 24.3 Å². The number of nitrogens with zero attached hydrogens (tertiary/aromatic N) is 2. The van der Waals surface area contributed by atoms with Gasteiger partial charge in [0.1, 0.15) is 19.3 Å². The fourth-order valence-corrected chi connectivity index (χ4v) is 4.07. The lowest BCUT2D eigenvalue weighted by atomic mass is 10.0. The Hall–Kier alpha value is -4.89. The highest BCUT2D eigenvalue weighted by molar-refractivity contribution is 5.99. The lowest BCUT2D eigenvalue weighted by Crippen LogP contribution is -2.48. The van der Waals surface area contributed by atoms with Crippen molar-refractivity contribution in [1.29, 1.82) is 0 Å². The van der Waals surface area contributed by atoms with E-state index in [1.54, 1.807) is 54.6 Å². The molecule has 264 valence electrons. The van der Waals surface area contributed by atoms with E-state index in [-0.39, 0.29) is 25.2 Å². The molecule has 1 N–H and O–H groups in total.